The third-order valence-corrected chi connectivity index (χ3v) is 2.75. The van der Waals surface area contributed by atoms with Crippen LogP contribution in [0.25, 0.3) is 0 Å². The fourth-order valence-electron chi connectivity index (χ4n) is 0.889. The van der Waals surface area contributed by atoms with Gasteiger partial charge in [0.15, 0.2) is 0 Å². The molecule has 0 saturated carbocycles. The molecule has 1 rings (SSSR count). The zero-order chi connectivity index (χ0) is 11.5. The van der Waals surface area contributed by atoms with Crippen molar-refractivity contribution in [1.29, 1.82) is 0 Å². The van der Waals surface area contributed by atoms with Gasteiger partial charge in [-0.25, -0.2) is 8.42 Å². The summed E-state index contributed by atoms with van der Waals surface area (Å²) in [6.45, 7) is 3.45. The smallest absolute Gasteiger partial charge is 0.262 e. The molecule has 0 aliphatic heterocycles. The molecule has 0 bridgehead atoms. The average Bonchev–Trinajstić information content (AvgIpc) is 2.15. The van der Waals surface area contributed by atoms with Gasteiger partial charge in [-0.1, -0.05) is 11.0 Å². The Balaban J connectivity index is 2.87. The van der Waals surface area contributed by atoms with E-state index in [1.807, 2.05) is 4.89 Å². The number of anilines is 1. The van der Waals surface area contributed by atoms with Crippen LogP contribution in [0.3, 0.4) is 0 Å². The van der Waals surface area contributed by atoms with Gasteiger partial charge in [0.2, 0.25) is 0 Å². The van der Waals surface area contributed by atoms with Crippen molar-refractivity contribution in [2.75, 3.05) is 5.73 Å². The lowest BCUT2D eigenvalue weighted by atomic mass is 10.3. The SMILES string of the molecule is CC(C)ONS(=O)(=O)c1cccc(N)c1. The predicted octanol–water partition coefficient (Wildman–Crippen LogP) is 0.887. The fraction of sp³-hybridized carbons (Fsp3) is 0.333. The van der Waals surface area contributed by atoms with Gasteiger partial charge in [0.1, 0.15) is 0 Å². The first kappa shape index (κ1) is 12.0. The molecule has 84 valence electrons. The number of nitrogens with two attached hydrogens (primary N) is 1. The largest absolute Gasteiger partial charge is 0.399 e. The number of sulfonamides is 1. The minimum absolute atomic E-state index is 0.0863. The van der Waals surface area contributed by atoms with Crippen LogP contribution in [0.4, 0.5) is 5.69 Å². The molecule has 1 aromatic rings. The molecular formula is C9H14N2O3S. The highest BCUT2D eigenvalue weighted by atomic mass is 32.2. The van der Waals surface area contributed by atoms with Gasteiger partial charge in [0.05, 0.1) is 11.0 Å². The Morgan fingerprint density at radius 3 is 2.60 bits per heavy atom. The normalized spacial score (nSPS) is 11.9. The first-order chi connectivity index (χ1) is 6.92. The number of rotatable bonds is 4. The summed E-state index contributed by atoms with van der Waals surface area (Å²) in [5.41, 5.74) is 5.87. The highest BCUT2D eigenvalue weighted by Crippen LogP contribution is 2.12. The van der Waals surface area contributed by atoms with Gasteiger partial charge in [-0.15, -0.1) is 0 Å². The van der Waals surface area contributed by atoms with Crippen LogP contribution in [0.1, 0.15) is 13.8 Å². The van der Waals surface area contributed by atoms with E-state index < -0.39 is 10.0 Å². The van der Waals surface area contributed by atoms with Crippen molar-refractivity contribution in [3.8, 4) is 0 Å². The van der Waals surface area contributed by atoms with E-state index in [0.717, 1.165) is 0 Å². The van der Waals surface area contributed by atoms with Gasteiger partial charge in [-0.3, -0.25) is 4.84 Å². The maximum absolute atomic E-state index is 11.6. The molecule has 6 heteroatoms. The number of nitrogen functional groups attached to an aromatic ring is 1. The maximum Gasteiger partial charge on any atom is 0.262 e. The van der Waals surface area contributed by atoms with Crippen LogP contribution in [-0.2, 0) is 14.9 Å². The Hall–Kier alpha value is -1.11. The summed E-state index contributed by atoms with van der Waals surface area (Å²) < 4.78 is 23.2. The summed E-state index contributed by atoms with van der Waals surface area (Å²) >= 11 is 0. The number of hydrogen-bond donors (Lipinski definition) is 2. The quantitative estimate of drug-likeness (QED) is 0.594. The Bertz CT molecular complexity index is 429. The summed E-state index contributed by atoms with van der Waals surface area (Å²) in [5, 5.41) is 0. The van der Waals surface area contributed by atoms with E-state index in [0.29, 0.717) is 5.69 Å². The van der Waals surface area contributed by atoms with E-state index in [9.17, 15) is 8.42 Å². The minimum atomic E-state index is -3.63. The van der Waals surface area contributed by atoms with Gasteiger partial charge in [0.25, 0.3) is 10.0 Å². The zero-order valence-corrected chi connectivity index (χ0v) is 9.41. The lowest BCUT2D eigenvalue weighted by molar-refractivity contribution is 0.0409. The molecule has 0 radical (unpaired) electrons. The van der Waals surface area contributed by atoms with E-state index in [1.54, 1.807) is 26.0 Å². The van der Waals surface area contributed by atoms with Gasteiger partial charge < -0.3 is 5.73 Å². The molecule has 0 aliphatic rings. The highest BCUT2D eigenvalue weighted by Gasteiger charge is 2.14. The summed E-state index contributed by atoms with van der Waals surface area (Å²) in [7, 11) is -3.63. The van der Waals surface area contributed by atoms with Crippen LogP contribution in [0.2, 0.25) is 0 Å². The standard InChI is InChI=1S/C9H14N2O3S/c1-7(2)14-11-15(12,13)9-5-3-4-8(10)6-9/h3-7,11H,10H2,1-2H3. The Morgan fingerprint density at radius 1 is 1.40 bits per heavy atom. The second kappa shape index (κ2) is 4.61. The monoisotopic (exact) mass is 230 g/mol. The van der Waals surface area contributed by atoms with E-state index >= 15 is 0 Å². The lowest BCUT2D eigenvalue weighted by Crippen LogP contribution is -2.27. The first-order valence-corrected chi connectivity index (χ1v) is 5.93. The zero-order valence-electron chi connectivity index (χ0n) is 8.60. The molecule has 0 aromatic heterocycles. The average molecular weight is 230 g/mol. The van der Waals surface area contributed by atoms with Gasteiger partial charge in [-0.2, -0.15) is 0 Å². The van der Waals surface area contributed by atoms with Crippen LogP contribution in [0.5, 0.6) is 0 Å². The second-order valence-corrected chi connectivity index (χ2v) is 4.97. The summed E-state index contributed by atoms with van der Waals surface area (Å²) in [5.74, 6) is 0. The molecule has 0 atom stereocenters. The van der Waals surface area contributed by atoms with E-state index in [2.05, 4.69) is 0 Å². The van der Waals surface area contributed by atoms with Crippen molar-refractivity contribution in [2.24, 2.45) is 0 Å². The first-order valence-electron chi connectivity index (χ1n) is 4.45. The number of benzene rings is 1. The van der Waals surface area contributed by atoms with E-state index in [-0.39, 0.29) is 11.0 Å². The Kier molecular flexibility index (Phi) is 3.67. The third-order valence-electron chi connectivity index (χ3n) is 1.56. The lowest BCUT2D eigenvalue weighted by Gasteiger charge is -2.09. The van der Waals surface area contributed by atoms with E-state index in [4.69, 9.17) is 10.6 Å². The highest BCUT2D eigenvalue weighted by molar-refractivity contribution is 7.89. The van der Waals surface area contributed by atoms with Crippen molar-refractivity contribution in [2.45, 2.75) is 24.8 Å². The van der Waals surface area contributed by atoms with Gasteiger partial charge >= 0.3 is 0 Å². The molecule has 0 spiro atoms. The Morgan fingerprint density at radius 2 is 2.07 bits per heavy atom. The van der Waals surface area contributed by atoms with Crippen molar-refractivity contribution in [1.82, 2.24) is 4.89 Å². The van der Waals surface area contributed by atoms with Crippen LogP contribution >= 0.6 is 0 Å². The van der Waals surface area contributed by atoms with E-state index in [1.165, 1.54) is 12.1 Å². The topological polar surface area (TPSA) is 81.4 Å². The predicted molar refractivity (Wildman–Crippen MR) is 57.4 cm³/mol. The van der Waals surface area contributed by atoms with Crippen molar-refractivity contribution >= 4 is 15.7 Å². The third kappa shape index (κ3) is 3.50. The molecular weight excluding hydrogens is 216 g/mol. The van der Waals surface area contributed by atoms with Crippen molar-refractivity contribution < 1.29 is 13.3 Å². The van der Waals surface area contributed by atoms with Crippen LogP contribution < -0.4 is 10.6 Å². The van der Waals surface area contributed by atoms with Crippen LogP contribution in [0.15, 0.2) is 29.2 Å². The molecule has 0 aliphatic carbocycles. The Labute approximate surface area is 89.2 Å². The maximum atomic E-state index is 11.6. The molecule has 3 N–H and O–H groups in total. The van der Waals surface area contributed by atoms with Crippen molar-refractivity contribution in [3.05, 3.63) is 24.3 Å². The molecule has 0 fully saturated rings. The summed E-state index contributed by atoms with van der Waals surface area (Å²) in [6, 6.07) is 6.00. The molecule has 0 heterocycles. The molecule has 0 amide bonds. The van der Waals surface area contributed by atoms with Gasteiger partial charge in [-0.05, 0) is 32.0 Å². The number of nitrogens with one attached hydrogen (secondary N) is 1. The second-order valence-electron chi connectivity index (χ2n) is 3.33. The fourth-order valence-corrected chi connectivity index (χ4v) is 1.85. The van der Waals surface area contributed by atoms with Crippen molar-refractivity contribution in [3.63, 3.8) is 0 Å². The minimum Gasteiger partial charge on any atom is -0.399 e. The summed E-state index contributed by atoms with van der Waals surface area (Å²) in [4.78, 5) is 6.93. The molecule has 0 saturated heterocycles. The molecule has 15 heavy (non-hydrogen) atoms. The van der Waals surface area contributed by atoms with Gasteiger partial charge in [0, 0.05) is 5.69 Å². The molecule has 5 nitrogen and oxygen atoms in total. The van der Waals surface area contributed by atoms with Crippen LogP contribution in [-0.4, -0.2) is 14.5 Å². The molecule has 1 aromatic carbocycles. The number of hydrogen-bond acceptors (Lipinski definition) is 4. The summed E-state index contributed by atoms with van der Waals surface area (Å²) in [6.07, 6.45) is -0.221. The van der Waals surface area contributed by atoms with Crippen LogP contribution in [0, 0.1) is 0 Å². The molecule has 0 unspecified atom stereocenters.